The van der Waals surface area contributed by atoms with Crippen molar-refractivity contribution in [3.8, 4) is 5.75 Å². The van der Waals surface area contributed by atoms with Gasteiger partial charge in [0.15, 0.2) is 5.96 Å². The Morgan fingerprint density at radius 1 is 1.16 bits per heavy atom. The summed E-state index contributed by atoms with van der Waals surface area (Å²) in [5, 5.41) is 6.42. The highest BCUT2D eigenvalue weighted by Crippen LogP contribution is 2.45. The SMILES string of the molecule is CN=C(NCc1ccc(C(=O)N(C)C)cc1)NC1CC1c1ccccc1OC(F)(F)F. The molecule has 0 spiro atoms. The van der Waals surface area contributed by atoms with E-state index in [1.807, 2.05) is 12.1 Å². The minimum absolute atomic E-state index is 0.0377. The molecule has 3 rings (SSSR count). The number of hydrogen-bond donors (Lipinski definition) is 2. The third kappa shape index (κ3) is 6.13. The maximum absolute atomic E-state index is 12.6. The van der Waals surface area contributed by atoms with E-state index in [1.54, 1.807) is 45.4 Å². The van der Waals surface area contributed by atoms with E-state index in [2.05, 4.69) is 20.4 Å². The molecule has 0 radical (unpaired) electrons. The zero-order chi connectivity index (χ0) is 22.6. The van der Waals surface area contributed by atoms with Crippen LogP contribution in [0.4, 0.5) is 13.2 Å². The highest BCUT2D eigenvalue weighted by atomic mass is 19.4. The summed E-state index contributed by atoms with van der Waals surface area (Å²) in [6, 6.07) is 13.4. The molecule has 0 saturated heterocycles. The van der Waals surface area contributed by atoms with Crippen LogP contribution in [0, 0.1) is 0 Å². The number of hydrogen-bond acceptors (Lipinski definition) is 3. The van der Waals surface area contributed by atoms with E-state index in [9.17, 15) is 18.0 Å². The van der Waals surface area contributed by atoms with Crippen LogP contribution in [0.15, 0.2) is 53.5 Å². The first kappa shape index (κ1) is 22.5. The van der Waals surface area contributed by atoms with Gasteiger partial charge in [-0.2, -0.15) is 0 Å². The predicted octanol–water partition coefficient (Wildman–Crippen LogP) is 3.51. The first-order valence-electron chi connectivity index (χ1n) is 9.80. The number of carbonyl (C=O) groups is 1. The van der Waals surface area contributed by atoms with Gasteiger partial charge >= 0.3 is 6.36 Å². The molecular formula is C22H25F3N4O2. The summed E-state index contributed by atoms with van der Waals surface area (Å²) < 4.78 is 42.1. The van der Waals surface area contributed by atoms with Crippen LogP contribution in [0.5, 0.6) is 5.75 Å². The first-order chi connectivity index (χ1) is 14.7. The Morgan fingerprint density at radius 3 is 2.45 bits per heavy atom. The number of alkyl halides is 3. The number of para-hydroxylation sites is 1. The number of guanidine groups is 1. The molecule has 0 aliphatic heterocycles. The molecule has 2 atom stereocenters. The lowest BCUT2D eigenvalue weighted by molar-refractivity contribution is -0.274. The molecule has 1 aliphatic carbocycles. The van der Waals surface area contributed by atoms with E-state index >= 15 is 0 Å². The number of nitrogens with one attached hydrogen (secondary N) is 2. The third-order valence-corrected chi connectivity index (χ3v) is 4.95. The standard InChI is InChI=1S/C22H25F3N4O2/c1-26-21(27-13-14-8-10-15(11-9-14)20(30)29(2)3)28-18-12-17(18)16-6-4-5-7-19(16)31-22(23,24)25/h4-11,17-18H,12-13H2,1-3H3,(H2,26,27,28). The molecule has 0 bridgehead atoms. The zero-order valence-electron chi connectivity index (χ0n) is 17.5. The van der Waals surface area contributed by atoms with Crippen LogP contribution in [-0.2, 0) is 6.54 Å². The fourth-order valence-corrected chi connectivity index (χ4v) is 3.28. The molecule has 2 aromatic carbocycles. The van der Waals surface area contributed by atoms with Gasteiger partial charge in [0.25, 0.3) is 5.91 Å². The minimum atomic E-state index is -4.72. The van der Waals surface area contributed by atoms with Gasteiger partial charge in [0.2, 0.25) is 0 Å². The topological polar surface area (TPSA) is 66.0 Å². The molecule has 2 unspecified atom stereocenters. The number of benzene rings is 2. The molecule has 1 fully saturated rings. The molecule has 1 aliphatic rings. The van der Waals surface area contributed by atoms with Crippen molar-refractivity contribution in [1.82, 2.24) is 15.5 Å². The second-order valence-corrected chi connectivity index (χ2v) is 7.50. The summed E-state index contributed by atoms with van der Waals surface area (Å²) in [6.45, 7) is 0.487. The Morgan fingerprint density at radius 2 is 1.84 bits per heavy atom. The van der Waals surface area contributed by atoms with Gasteiger partial charge in [-0.3, -0.25) is 9.79 Å². The van der Waals surface area contributed by atoms with E-state index in [-0.39, 0.29) is 23.6 Å². The van der Waals surface area contributed by atoms with Gasteiger partial charge in [-0.15, -0.1) is 13.2 Å². The average Bonchev–Trinajstić information content (AvgIpc) is 3.49. The molecule has 1 saturated carbocycles. The maximum atomic E-state index is 12.6. The second-order valence-electron chi connectivity index (χ2n) is 7.50. The summed E-state index contributed by atoms with van der Waals surface area (Å²) in [6.07, 6.45) is -4.04. The van der Waals surface area contributed by atoms with Gasteiger partial charge in [0.1, 0.15) is 5.75 Å². The minimum Gasteiger partial charge on any atom is -0.405 e. The Bertz CT molecular complexity index is 943. The first-order valence-corrected chi connectivity index (χ1v) is 9.80. The van der Waals surface area contributed by atoms with Crippen molar-refractivity contribution in [1.29, 1.82) is 0 Å². The fraction of sp³-hybridized carbons (Fsp3) is 0.364. The van der Waals surface area contributed by atoms with Crippen LogP contribution in [0.2, 0.25) is 0 Å². The van der Waals surface area contributed by atoms with Gasteiger partial charge < -0.3 is 20.3 Å². The maximum Gasteiger partial charge on any atom is 0.573 e. The van der Waals surface area contributed by atoms with Gasteiger partial charge in [-0.25, -0.2) is 0 Å². The number of rotatable bonds is 6. The number of halogens is 3. The summed E-state index contributed by atoms with van der Waals surface area (Å²) in [7, 11) is 5.03. The smallest absolute Gasteiger partial charge is 0.405 e. The highest BCUT2D eigenvalue weighted by Gasteiger charge is 2.42. The quantitative estimate of drug-likeness (QED) is 0.540. The summed E-state index contributed by atoms with van der Waals surface area (Å²) >= 11 is 0. The molecule has 2 aromatic rings. The Hall–Kier alpha value is -3.23. The molecule has 2 N–H and O–H groups in total. The van der Waals surface area contributed by atoms with Crippen molar-refractivity contribution < 1.29 is 22.7 Å². The Balaban J connectivity index is 1.55. The summed E-state index contributed by atoms with van der Waals surface area (Å²) in [5.41, 5.74) is 2.10. The molecule has 6 nitrogen and oxygen atoms in total. The van der Waals surface area contributed by atoms with E-state index in [0.29, 0.717) is 30.1 Å². The van der Waals surface area contributed by atoms with Crippen LogP contribution >= 0.6 is 0 Å². The third-order valence-electron chi connectivity index (χ3n) is 4.95. The number of ether oxygens (including phenoxy) is 1. The molecule has 31 heavy (non-hydrogen) atoms. The fourth-order valence-electron chi connectivity index (χ4n) is 3.28. The van der Waals surface area contributed by atoms with Crippen molar-refractivity contribution in [2.45, 2.75) is 31.3 Å². The van der Waals surface area contributed by atoms with Crippen LogP contribution < -0.4 is 15.4 Å². The number of aliphatic imine (C=N–C) groups is 1. The number of amides is 1. The van der Waals surface area contributed by atoms with Crippen molar-refractivity contribution in [3.05, 3.63) is 65.2 Å². The monoisotopic (exact) mass is 434 g/mol. The van der Waals surface area contributed by atoms with Gasteiger partial charge in [-0.1, -0.05) is 30.3 Å². The van der Waals surface area contributed by atoms with E-state index in [4.69, 9.17) is 0 Å². The van der Waals surface area contributed by atoms with Crippen molar-refractivity contribution >= 4 is 11.9 Å². The lowest BCUT2D eigenvalue weighted by Gasteiger charge is -2.15. The second kappa shape index (κ2) is 9.28. The van der Waals surface area contributed by atoms with Crippen LogP contribution in [0.25, 0.3) is 0 Å². The lowest BCUT2D eigenvalue weighted by Crippen LogP contribution is -2.38. The van der Waals surface area contributed by atoms with E-state index in [0.717, 1.165) is 5.56 Å². The molecule has 1 amide bonds. The summed E-state index contributed by atoms with van der Waals surface area (Å²) in [5.74, 6) is 0.231. The van der Waals surface area contributed by atoms with Gasteiger partial charge in [0.05, 0.1) is 0 Å². The molecule has 0 heterocycles. The summed E-state index contributed by atoms with van der Waals surface area (Å²) in [4.78, 5) is 17.7. The average molecular weight is 434 g/mol. The lowest BCUT2D eigenvalue weighted by atomic mass is 10.1. The van der Waals surface area contributed by atoms with Crippen LogP contribution in [-0.4, -0.2) is 50.3 Å². The molecule has 9 heteroatoms. The van der Waals surface area contributed by atoms with Crippen molar-refractivity contribution in [3.63, 3.8) is 0 Å². The normalized spacial score (nSPS) is 18.3. The largest absolute Gasteiger partial charge is 0.573 e. The molecule has 0 aromatic heterocycles. The van der Waals surface area contributed by atoms with Gasteiger partial charge in [0, 0.05) is 45.2 Å². The number of carbonyl (C=O) groups excluding carboxylic acids is 1. The van der Waals surface area contributed by atoms with Crippen LogP contribution in [0.3, 0.4) is 0 Å². The Labute approximate surface area is 179 Å². The van der Waals surface area contributed by atoms with Gasteiger partial charge in [-0.05, 0) is 35.7 Å². The van der Waals surface area contributed by atoms with E-state index < -0.39 is 6.36 Å². The zero-order valence-corrected chi connectivity index (χ0v) is 17.5. The van der Waals surface area contributed by atoms with E-state index in [1.165, 1.54) is 17.0 Å². The molecular weight excluding hydrogens is 409 g/mol. The van der Waals surface area contributed by atoms with Crippen molar-refractivity contribution in [2.24, 2.45) is 4.99 Å². The van der Waals surface area contributed by atoms with Crippen molar-refractivity contribution in [2.75, 3.05) is 21.1 Å². The molecule has 166 valence electrons. The highest BCUT2D eigenvalue weighted by molar-refractivity contribution is 5.93. The van der Waals surface area contributed by atoms with Crippen LogP contribution in [0.1, 0.15) is 33.8 Å². The predicted molar refractivity (Wildman–Crippen MR) is 112 cm³/mol. The number of nitrogens with zero attached hydrogens (tertiary/aromatic N) is 2. The Kier molecular flexibility index (Phi) is 6.72.